The van der Waals surface area contributed by atoms with Crippen LogP contribution in [0.3, 0.4) is 0 Å². The highest BCUT2D eigenvalue weighted by Gasteiger charge is 2.22. The molecule has 0 saturated carbocycles. The van der Waals surface area contributed by atoms with Crippen molar-refractivity contribution in [1.29, 1.82) is 0 Å². The second-order valence-electron chi connectivity index (χ2n) is 7.24. The zero-order valence-corrected chi connectivity index (χ0v) is 16.2. The lowest BCUT2D eigenvalue weighted by molar-refractivity contribution is -0.123. The number of furan rings is 1. The molecule has 3 rings (SSSR count). The average Bonchev–Trinajstić information content (AvgIpc) is 3.27. The van der Waals surface area contributed by atoms with E-state index in [1.165, 1.54) is 25.5 Å². The molecule has 2 amide bonds. The van der Waals surface area contributed by atoms with Crippen molar-refractivity contribution in [3.63, 3.8) is 0 Å². The number of hydrogen-bond acceptors (Lipinski definition) is 4. The van der Waals surface area contributed by atoms with Crippen LogP contribution in [0.2, 0.25) is 0 Å². The third-order valence-electron chi connectivity index (χ3n) is 5.05. The molecule has 6 heteroatoms. The van der Waals surface area contributed by atoms with Crippen molar-refractivity contribution in [1.82, 2.24) is 15.5 Å². The van der Waals surface area contributed by atoms with Crippen LogP contribution in [0.1, 0.15) is 41.8 Å². The third-order valence-corrected chi connectivity index (χ3v) is 5.05. The summed E-state index contributed by atoms with van der Waals surface area (Å²) in [5.41, 5.74) is 0.996. The topological polar surface area (TPSA) is 74.6 Å². The maximum absolute atomic E-state index is 12.7. The maximum atomic E-state index is 12.7. The highest BCUT2D eigenvalue weighted by Crippen LogP contribution is 2.09. The molecular weight excluding hydrogens is 354 g/mol. The number of piperidine rings is 1. The fraction of sp³-hybridized carbons (Fsp3) is 0.455. The highest BCUT2D eigenvalue weighted by molar-refractivity contribution is 5.95. The van der Waals surface area contributed by atoms with Gasteiger partial charge in [-0.05, 0) is 56.6 Å². The number of hydrogen-bond donors (Lipinski definition) is 2. The molecule has 1 aromatic carbocycles. The van der Waals surface area contributed by atoms with E-state index in [4.69, 9.17) is 4.42 Å². The molecule has 150 valence electrons. The zero-order chi connectivity index (χ0) is 19.6. The molecule has 28 heavy (non-hydrogen) atoms. The fourth-order valence-electron chi connectivity index (χ4n) is 3.52. The molecular formula is C22H29N3O3. The Morgan fingerprint density at radius 3 is 2.54 bits per heavy atom. The van der Waals surface area contributed by atoms with Crippen LogP contribution < -0.4 is 10.6 Å². The number of likely N-dealkylation sites (tertiary alicyclic amines) is 1. The molecule has 1 aliphatic rings. The standard InChI is InChI=1S/C22H29N3O3/c26-21(23-12-8-15-25-13-5-2-6-14-25)19(17-18-9-3-1-4-10-18)24-22(27)20-11-7-16-28-20/h1,3-4,7,9-11,16,19H,2,5-6,8,12-15,17H2,(H,23,26)(H,24,27). The monoisotopic (exact) mass is 383 g/mol. The largest absolute Gasteiger partial charge is 0.459 e. The van der Waals surface area contributed by atoms with Gasteiger partial charge in [0.05, 0.1) is 6.26 Å². The molecule has 6 nitrogen and oxygen atoms in total. The van der Waals surface area contributed by atoms with Gasteiger partial charge in [0.15, 0.2) is 5.76 Å². The van der Waals surface area contributed by atoms with Gasteiger partial charge in [-0.2, -0.15) is 0 Å². The molecule has 1 atom stereocenters. The van der Waals surface area contributed by atoms with Crippen molar-refractivity contribution in [2.24, 2.45) is 0 Å². The summed E-state index contributed by atoms with van der Waals surface area (Å²) in [6.07, 6.45) is 6.65. The molecule has 1 unspecified atom stereocenters. The highest BCUT2D eigenvalue weighted by atomic mass is 16.3. The van der Waals surface area contributed by atoms with E-state index in [0.717, 1.165) is 31.6 Å². The molecule has 0 aliphatic carbocycles. The first-order valence-corrected chi connectivity index (χ1v) is 10.1. The van der Waals surface area contributed by atoms with Gasteiger partial charge >= 0.3 is 0 Å². The third kappa shape index (κ3) is 6.23. The van der Waals surface area contributed by atoms with Crippen LogP contribution in [0, 0.1) is 0 Å². The summed E-state index contributed by atoms with van der Waals surface area (Å²) in [5.74, 6) is -0.340. The van der Waals surface area contributed by atoms with Gasteiger partial charge in [-0.25, -0.2) is 0 Å². The summed E-state index contributed by atoms with van der Waals surface area (Å²) in [4.78, 5) is 27.5. The van der Waals surface area contributed by atoms with E-state index in [1.807, 2.05) is 30.3 Å². The second kappa shape index (κ2) is 10.7. The van der Waals surface area contributed by atoms with E-state index < -0.39 is 6.04 Å². The molecule has 1 saturated heterocycles. The molecule has 1 aromatic heterocycles. The Morgan fingerprint density at radius 2 is 1.82 bits per heavy atom. The predicted molar refractivity (Wildman–Crippen MR) is 108 cm³/mol. The summed E-state index contributed by atoms with van der Waals surface area (Å²) >= 11 is 0. The van der Waals surface area contributed by atoms with E-state index in [0.29, 0.717) is 13.0 Å². The van der Waals surface area contributed by atoms with Crippen LogP contribution in [0.25, 0.3) is 0 Å². The summed E-state index contributed by atoms with van der Waals surface area (Å²) in [6.45, 7) is 3.92. The van der Waals surface area contributed by atoms with Crippen molar-refractivity contribution >= 4 is 11.8 Å². The minimum absolute atomic E-state index is 0.164. The summed E-state index contributed by atoms with van der Waals surface area (Å²) in [7, 11) is 0. The van der Waals surface area contributed by atoms with Gasteiger partial charge in [0.2, 0.25) is 5.91 Å². The Labute approximate surface area is 166 Å². The molecule has 2 heterocycles. The molecule has 1 fully saturated rings. The lowest BCUT2D eigenvalue weighted by Crippen LogP contribution is -2.48. The Bertz CT molecular complexity index is 725. The Hall–Kier alpha value is -2.60. The number of nitrogens with zero attached hydrogens (tertiary/aromatic N) is 1. The van der Waals surface area contributed by atoms with Crippen LogP contribution in [0.5, 0.6) is 0 Å². The van der Waals surface area contributed by atoms with Crippen LogP contribution in [-0.4, -0.2) is 48.9 Å². The van der Waals surface area contributed by atoms with Gasteiger partial charge in [-0.1, -0.05) is 36.8 Å². The molecule has 1 aliphatic heterocycles. The number of carbonyl (C=O) groups excluding carboxylic acids is 2. The normalized spacial score (nSPS) is 15.7. The van der Waals surface area contributed by atoms with Crippen molar-refractivity contribution in [3.8, 4) is 0 Å². The first-order valence-electron chi connectivity index (χ1n) is 10.1. The predicted octanol–water partition coefficient (Wildman–Crippen LogP) is 2.61. The van der Waals surface area contributed by atoms with Gasteiger partial charge in [-0.3, -0.25) is 9.59 Å². The van der Waals surface area contributed by atoms with Gasteiger partial charge < -0.3 is 20.0 Å². The Kier molecular flexibility index (Phi) is 7.67. The second-order valence-corrected chi connectivity index (χ2v) is 7.24. The zero-order valence-electron chi connectivity index (χ0n) is 16.2. The first kappa shape index (κ1) is 20.1. The number of rotatable bonds is 9. The Morgan fingerprint density at radius 1 is 1.04 bits per heavy atom. The summed E-state index contributed by atoms with van der Waals surface area (Å²) < 4.78 is 5.14. The maximum Gasteiger partial charge on any atom is 0.287 e. The van der Waals surface area contributed by atoms with Crippen LogP contribution in [-0.2, 0) is 11.2 Å². The number of carbonyl (C=O) groups is 2. The van der Waals surface area contributed by atoms with E-state index >= 15 is 0 Å². The number of nitrogens with one attached hydrogen (secondary N) is 2. The van der Waals surface area contributed by atoms with Crippen molar-refractivity contribution in [2.75, 3.05) is 26.2 Å². The van der Waals surface area contributed by atoms with E-state index in [1.54, 1.807) is 12.1 Å². The molecule has 2 aromatic rings. The fourth-order valence-corrected chi connectivity index (χ4v) is 3.52. The quantitative estimate of drug-likeness (QED) is 0.653. The van der Waals surface area contributed by atoms with Gasteiger partial charge in [0.1, 0.15) is 6.04 Å². The SMILES string of the molecule is O=C(NC(Cc1ccccc1)C(=O)NCCCN1CCCCC1)c1ccco1. The average molecular weight is 383 g/mol. The van der Waals surface area contributed by atoms with Gasteiger partial charge in [0.25, 0.3) is 5.91 Å². The van der Waals surface area contributed by atoms with E-state index in [2.05, 4.69) is 15.5 Å². The van der Waals surface area contributed by atoms with Crippen LogP contribution in [0.4, 0.5) is 0 Å². The van der Waals surface area contributed by atoms with Crippen molar-refractivity contribution in [3.05, 3.63) is 60.1 Å². The molecule has 0 bridgehead atoms. The smallest absolute Gasteiger partial charge is 0.287 e. The first-order chi connectivity index (χ1) is 13.7. The minimum atomic E-state index is -0.644. The number of amides is 2. The van der Waals surface area contributed by atoms with Gasteiger partial charge in [0, 0.05) is 13.0 Å². The molecule has 0 radical (unpaired) electrons. The number of benzene rings is 1. The minimum Gasteiger partial charge on any atom is -0.459 e. The van der Waals surface area contributed by atoms with E-state index in [9.17, 15) is 9.59 Å². The van der Waals surface area contributed by atoms with Gasteiger partial charge in [-0.15, -0.1) is 0 Å². The lowest BCUT2D eigenvalue weighted by Gasteiger charge is -2.26. The molecule has 2 N–H and O–H groups in total. The lowest BCUT2D eigenvalue weighted by atomic mass is 10.0. The summed E-state index contributed by atoms with van der Waals surface area (Å²) in [5, 5.41) is 5.79. The Balaban J connectivity index is 1.52. The van der Waals surface area contributed by atoms with E-state index in [-0.39, 0.29) is 17.6 Å². The molecule has 0 spiro atoms. The van der Waals surface area contributed by atoms with Crippen molar-refractivity contribution < 1.29 is 14.0 Å². The summed E-state index contributed by atoms with van der Waals surface area (Å²) in [6, 6.07) is 12.3. The van der Waals surface area contributed by atoms with Crippen molar-refractivity contribution in [2.45, 2.75) is 38.1 Å². The van der Waals surface area contributed by atoms with Crippen LogP contribution in [0.15, 0.2) is 53.1 Å². The van der Waals surface area contributed by atoms with Crippen LogP contribution >= 0.6 is 0 Å².